The van der Waals surface area contributed by atoms with Crippen LogP contribution < -0.4 is 5.32 Å². The summed E-state index contributed by atoms with van der Waals surface area (Å²) >= 11 is 0. The third kappa shape index (κ3) is 3.57. The summed E-state index contributed by atoms with van der Waals surface area (Å²) < 4.78 is 5.08. The lowest BCUT2D eigenvalue weighted by atomic mass is 10.0. The largest absolute Gasteiger partial charge is 0.478 e. The van der Waals surface area contributed by atoms with Crippen LogP contribution in [0.4, 0.5) is 0 Å². The SMILES string of the molecule is COCCC1(CNC(=O)c2ccc(C(=O)O)cc2)CC1. The van der Waals surface area contributed by atoms with Crippen molar-refractivity contribution >= 4 is 11.9 Å². The lowest BCUT2D eigenvalue weighted by molar-refractivity contribution is 0.0696. The molecule has 0 heterocycles. The number of rotatable bonds is 7. The predicted octanol–water partition coefficient (Wildman–Crippen LogP) is 1.93. The molecule has 0 aliphatic heterocycles. The maximum Gasteiger partial charge on any atom is 0.335 e. The van der Waals surface area contributed by atoms with E-state index >= 15 is 0 Å². The number of ether oxygens (including phenoxy) is 1. The van der Waals surface area contributed by atoms with Crippen molar-refractivity contribution in [1.29, 1.82) is 0 Å². The number of carbonyl (C=O) groups is 2. The van der Waals surface area contributed by atoms with Gasteiger partial charge in [0, 0.05) is 25.8 Å². The van der Waals surface area contributed by atoms with Gasteiger partial charge in [-0.15, -0.1) is 0 Å². The van der Waals surface area contributed by atoms with Gasteiger partial charge in [-0.3, -0.25) is 4.79 Å². The second kappa shape index (κ2) is 6.05. The van der Waals surface area contributed by atoms with Crippen molar-refractivity contribution in [3.8, 4) is 0 Å². The highest BCUT2D eigenvalue weighted by molar-refractivity contribution is 5.95. The average Bonchev–Trinajstić information content (AvgIpc) is 3.23. The first kappa shape index (κ1) is 14.5. The standard InChI is InChI=1S/C15H19NO4/c1-20-9-8-15(6-7-15)10-16-13(17)11-2-4-12(5-3-11)14(18)19/h2-5H,6-10H2,1H3,(H,16,17)(H,18,19). The molecule has 108 valence electrons. The Labute approximate surface area is 117 Å². The zero-order chi connectivity index (χ0) is 14.6. The Morgan fingerprint density at radius 3 is 2.35 bits per heavy atom. The van der Waals surface area contributed by atoms with Gasteiger partial charge in [-0.1, -0.05) is 0 Å². The lowest BCUT2D eigenvalue weighted by Gasteiger charge is -2.15. The van der Waals surface area contributed by atoms with E-state index in [1.165, 1.54) is 24.3 Å². The summed E-state index contributed by atoms with van der Waals surface area (Å²) in [5.41, 5.74) is 0.866. The van der Waals surface area contributed by atoms with Crippen molar-refractivity contribution < 1.29 is 19.4 Å². The third-order valence-corrected chi connectivity index (χ3v) is 3.81. The fourth-order valence-corrected chi connectivity index (χ4v) is 2.14. The van der Waals surface area contributed by atoms with Gasteiger partial charge in [0.15, 0.2) is 0 Å². The first-order valence-electron chi connectivity index (χ1n) is 6.67. The number of hydrogen-bond donors (Lipinski definition) is 2. The number of carbonyl (C=O) groups excluding carboxylic acids is 1. The maximum absolute atomic E-state index is 12.0. The molecular formula is C15H19NO4. The summed E-state index contributed by atoms with van der Waals surface area (Å²) in [6.45, 7) is 1.36. The summed E-state index contributed by atoms with van der Waals surface area (Å²) in [7, 11) is 1.68. The minimum atomic E-state index is -0.992. The second-order valence-electron chi connectivity index (χ2n) is 5.31. The van der Waals surface area contributed by atoms with Crippen LogP contribution >= 0.6 is 0 Å². The number of hydrogen-bond acceptors (Lipinski definition) is 3. The number of amides is 1. The van der Waals surface area contributed by atoms with E-state index in [1.807, 2.05) is 0 Å². The smallest absolute Gasteiger partial charge is 0.335 e. The molecule has 0 saturated heterocycles. The van der Waals surface area contributed by atoms with Gasteiger partial charge in [-0.2, -0.15) is 0 Å². The predicted molar refractivity (Wildman–Crippen MR) is 73.9 cm³/mol. The zero-order valence-corrected chi connectivity index (χ0v) is 11.5. The van der Waals surface area contributed by atoms with E-state index < -0.39 is 5.97 Å². The Morgan fingerprint density at radius 2 is 1.85 bits per heavy atom. The fourth-order valence-electron chi connectivity index (χ4n) is 2.14. The van der Waals surface area contributed by atoms with Crippen molar-refractivity contribution in [3.05, 3.63) is 35.4 Å². The molecule has 0 bridgehead atoms. The number of carboxylic acids is 1. The topological polar surface area (TPSA) is 75.6 Å². The summed E-state index contributed by atoms with van der Waals surface area (Å²) in [6.07, 6.45) is 3.20. The molecule has 1 aromatic carbocycles. The molecule has 1 saturated carbocycles. The monoisotopic (exact) mass is 277 g/mol. The Balaban J connectivity index is 1.87. The molecule has 2 N–H and O–H groups in total. The molecule has 0 unspecified atom stereocenters. The first-order chi connectivity index (χ1) is 9.56. The zero-order valence-electron chi connectivity index (χ0n) is 11.5. The van der Waals surface area contributed by atoms with Gasteiger partial charge in [0.25, 0.3) is 5.91 Å². The Bertz CT molecular complexity index is 491. The average molecular weight is 277 g/mol. The van der Waals surface area contributed by atoms with Crippen molar-refractivity contribution in [3.63, 3.8) is 0 Å². The van der Waals surface area contributed by atoms with Crippen LogP contribution in [0.2, 0.25) is 0 Å². The Kier molecular flexibility index (Phi) is 4.39. The highest BCUT2D eigenvalue weighted by atomic mass is 16.5. The molecule has 1 aromatic rings. The molecular weight excluding hydrogens is 258 g/mol. The summed E-state index contributed by atoms with van der Waals surface area (Å²) in [5.74, 6) is -1.15. The maximum atomic E-state index is 12.0. The normalized spacial score (nSPS) is 15.7. The van der Waals surface area contributed by atoms with E-state index in [2.05, 4.69) is 5.32 Å². The molecule has 2 rings (SSSR count). The highest BCUT2D eigenvalue weighted by Crippen LogP contribution is 2.48. The Hall–Kier alpha value is -1.88. The minimum Gasteiger partial charge on any atom is -0.478 e. The fraction of sp³-hybridized carbons (Fsp3) is 0.467. The molecule has 0 atom stereocenters. The summed E-state index contributed by atoms with van der Waals surface area (Å²) in [6, 6.07) is 5.95. The van der Waals surface area contributed by atoms with Crippen molar-refractivity contribution in [2.75, 3.05) is 20.3 Å². The van der Waals surface area contributed by atoms with Crippen LogP contribution in [-0.4, -0.2) is 37.2 Å². The first-order valence-corrected chi connectivity index (χ1v) is 6.67. The molecule has 0 aromatic heterocycles. The summed E-state index contributed by atoms with van der Waals surface area (Å²) in [4.78, 5) is 22.7. The molecule has 1 aliphatic carbocycles. The van der Waals surface area contributed by atoms with E-state index in [1.54, 1.807) is 7.11 Å². The highest BCUT2D eigenvalue weighted by Gasteiger charge is 2.42. The van der Waals surface area contributed by atoms with Crippen LogP contribution in [0.25, 0.3) is 0 Å². The van der Waals surface area contributed by atoms with Crippen molar-refractivity contribution in [2.24, 2.45) is 5.41 Å². The van der Waals surface area contributed by atoms with Crippen LogP contribution in [-0.2, 0) is 4.74 Å². The van der Waals surface area contributed by atoms with E-state index in [0.29, 0.717) is 18.7 Å². The number of carboxylic acid groups (broad SMARTS) is 1. The van der Waals surface area contributed by atoms with E-state index in [9.17, 15) is 9.59 Å². The van der Waals surface area contributed by atoms with Crippen molar-refractivity contribution in [2.45, 2.75) is 19.3 Å². The van der Waals surface area contributed by atoms with Crippen LogP contribution in [0, 0.1) is 5.41 Å². The summed E-state index contributed by atoms with van der Waals surface area (Å²) in [5, 5.41) is 11.7. The molecule has 5 heteroatoms. The van der Waals surface area contributed by atoms with Gasteiger partial charge in [0.05, 0.1) is 5.56 Å². The number of benzene rings is 1. The van der Waals surface area contributed by atoms with E-state index in [4.69, 9.17) is 9.84 Å². The molecule has 20 heavy (non-hydrogen) atoms. The van der Waals surface area contributed by atoms with Gasteiger partial charge < -0.3 is 15.2 Å². The molecule has 1 fully saturated rings. The lowest BCUT2D eigenvalue weighted by Crippen LogP contribution is -2.30. The van der Waals surface area contributed by atoms with Gasteiger partial charge in [-0.25, -0.2) is 4.79 Å². The molecule has 1 amide bonds. The van der Waals surface area contributed by atoms with Gasteiger partial charge >= 0.3 is 5.97 Å². The second-order valence-corrected chi connectivity index (χ2v) is 5.31. The number of aromatic carboxylic acids is 1. The van der Waals surface area contributed by atoms with Gasteiger partial charge in [-0.05, 0) is 48.9 Å². The molecule has 0 radical (unpaired) electrons. The third-order valence-electron chi connectivity index (χ3n) is 3.81. The van der Waals surface area contributed by atoms with Crippen LogP contribution in [0.1, 0.15) is 40.0 Å². The van der Waals surface area contributed by atoms with Gasteiger partial charge in [0.2, 0.25) is 0 Å². The van der Waals surface area contributed by atoms with Crippen LogP contribution in [0.3, 0.4) is 0 Å². The molecule has 1 aliphatic rings. The minimum absolute atomic E-state index is 0.161. The Morgan fingerprint density at radius 1 is 1.25 bits per heavy atom. The molecule has 5 nitrogen and oxygen atoms in total. The van der Waals surface area contributed by atoms with E-state index in [-0.39, 0.29) is 16.9 Å². The van der Waals surface area contributed by atoms with Gasteiger partial charge in [0.1, 0.15) is 0 Å². The van der Waals surface area contributed by atoms with Crippen LogP contribution in [0.15, 0.2) is 24.3 Å². The number of nitrogens with one attached hydrogen (secondary N) is 1. The number of methoxy groups -OCH3 is 1. The van der Waals surface area contributed by atoms with Crippen molar-refractivity contribution in [1.82, 2.24) is 5.32 Å². The quantitative estimate of drug-likeness (QED) is 0.798. The van der Waals surface area contributed by atoms with Crippen LogP contribution in [0.5, 0.6) is 0 Å². The van der Waals surface area contributed by atoms with E-state index in [0.717, 1.165) is 19.3 Å². The molecule has 0 spiro atoms.